The topological polar surface area (TPSA) is 29.1 Å². The number of nitrogens with one attached hydrogen (secondary N) is 1. The zero-order valence-electron chi connectivity index (χ0n) is 10.7. The molecule has 1 fully saturated rings. The predicted octanol–water partition coefficient (Wildman–Crippen LogP) is 3.41. The number of hydrogen-bond acceptors (Lipinski definition) is 3. The van der Waals surface area contributed by atoms with Crippen molar-refractivity contribution >= 4 is 17.1 Å². The summed E-state index contributed by atoms with van der Waals surface area (Å²) in [6, 6.07) is 5.02. The highest BCUT2D eigenvalue weighted by molar-refractivity contribution is 7.14. The van der Waals surface area contributed by atoms with Gasteiger partial charge in [-0.15, -0.1) is 11.3 Å². The summed E-state index contributed by atoms with van der Waals surface area (Å²) in [6.07, 6.45) is 5.31. The Labute approximate surface area is 107 Å². The zero-order valence-corrected chi connectivity index (χ0v) is 11.5. The molecule has 2 heterocycles. The van der Waals surface area contributed by atoms with E-state index in [1.807, 2.05) is 6.07 Å². The first-order valence-corrected chi connectivity index (χ1v) is 7.38. The van der Waals surface area contributed by atoms with E-state index >= 15 is 0 Å². The van der Waals surface area contributed by atoms with Crippen molar-refractivity contribution in [2.24, 2.45) is 0 Å². The highest BCUT2D eigenvalue weighted by atomic mass is 32.1. The van der Waals surface area contributed by atoms with E-state index in [2.05, 4.69) is 25.2 Å². The van der Waals surface area contributed by atoms with Gasteiger partial charge in [-0.3, -0.25) is 4.79 Å². The predicted molar refractivity (Wildman–Crippen MR) is 72.9 cm³/mol. The molecule has 0 aromatic carbocycles. The molecule has 1 aliphatic rings. The number of carbonyl (C=O) groups is 1. The maximum atomic E-state index is 12.1. The second-order valence-corrected chi connectivity index (χ2v) is 6.11. The molecule has 0 saturated carbocycles. The van der Waals surface area contributed by atoms with Crippen LogP contribution in [-0.4, -0.2) is 17.9 Å². The molecule has 1 saturated heterocycles. The van der Waals surface area contributed by atoms with Crippen LogP contribution >= 0.6 is 11.3 Å². The fourth-order valence-electron chi connectivity index (χ4n) is 2.44. The summed E-state index contributed by atoms with van der Waals surface area (Å²) in [7, 11) is 0. The summed E-state index contributed by atoms with van der Waals surface area (Å²) in [4.78, 5) is 14.4. The number of aryl methyl sites for hydroxylation is 1. The first-order chi connectivity index (χ1) is 8.19. The zero-order chi connectivity index (χ0) is 12.3. The van der Waals surface area contributed by atoms with Gasteiger partial charge in [-0.25, -0.2) is 0 Å². The SMILES string of the molecule is CCc1ccc(C(=O)CC2CCCC(C)N2)s1. The van der Waals surface area contributed by atoms with E-state index in [1.165, 1.54) is 17.7 Å². The van der Waals surface area contributed by atoms with E-state index in [9.17, 15) is 4.79 Å². The Kier molecular flexibility index (Phi) is 4.35. The Morgan fingerprint density at radius 3 is 2.94 bits per heavy atom. The summed E-state index contributed by atoms with van der Waals surface area (Å²) in [5.74, 6) is 0.307. The fourth-order valence-corrected chi connectivity index (χ4v) is 3.34. The Morgan fingerprint density at radius 1 is 1.47 bits per heavy atom. The lowest BCUT2D eigenvalue weighted by molar-refractivity contribution is 0.0964. The van der Waals surface area contributed by atoms with E-state index in [-0.39, 0.29) is 0 Å². The van der Waals surface area contributed by atoms with E-state index in [0.717, 1.165) is 17.7 Å². The van der Waals surface area contributed by atoms with Crippen LogP contribution in [0.5, 0.6) is 0 Å². The van der Waals surface area contributed by atoms with Crippen LogP contribution in [0, 0.1) is 0 Å². The van der Waals surface area contributed by atoms with Crippen LogP contribution in [0.4, 0.5) is 0 Å². The lowest BCUT2D eigenvalue weighted by Crippen LogP contribution is -2.41. The number of Topliss-reactive ketones (excluding diaryl/α,β-unsaturated/α-hetero) is 1. The molecule has 0 amide bonds. The normalized spacial score (nSPS) is 24.8. The third-order valence-corrected chi connectivity index (χ3v) is 4.70. The molecule has 0 bridgehead atoms. The van der Waals surface area contributed by atoms with Gasteiger partial charge in [0.2, 0.25) is 0 Å². The molecule has 0 spiro atoms. The fraction of sp³-hybridized carbons (Fsp3) is 0.643. The van der Waals surface area contributed by atoms with Crippen LogP contribution in [0.25, 0.3) is 0 Å². The minimum absolute atomic E-state index is 0.307. The van der Waals surface area contributed by atoms with Crippen LogP contribution < -0.4 is 5.32 Å². The summed E-state index contributed by atoms with van der Waals surface area (Å²) < 4.78 is 0. The van der Waals surface area contributed by atoms with Crippen LogP contribution in [0.15, 0.2) is 12.1 Å². The van der Waals surface area contributed by atoms with Crippen molar-refractivity contribution in [2.45, 2.75) is 58.0 Å². The second-order valence-electron chi connectivity index (χ2n) is 4.94. The minimum atomic E-state index is 0.307. The van der Waals surface area contributed by atoms with Crippen molar-refractivity contribution in [1.82, 2.24) is 5.32 Å². The number of rotatable bonds is 4. The van der Waals surface area contributed by atoms with E-state index in [1.54, 1.807) is 11.3 Å². The Morgan fingerprint density at radius 2 is 2.29 bits per heavy atom. The van der Waals surface area contributed by atoms with Gasteiger partial charge < -0.3 is 5.32 Å². The lowest BCUT2D eigenvalue weighted by Gasteiger charge is -2.28. The summed E-state index contributed by atoms with van der Waals surface area (Å²) >= 11 is 1.65. The van der Waals surface area contributed by atoms with Gasteiger partial charge in [0.05, 0.1) is 4.88 Å². The molecule has 1 aromatic heterocycles. The van der Waals surface area contributed by atoms with Crippen molar-refractivity contribution in [2.75, 3.05) is 0 Å². The van der Waals surface area contributed by atoms with Gasteiger partial charge in [0, 0.05) is 23.4 Å². The molecule has 1 aliphatic heterocycles. The number of hydrogen-bond donors (Lipinski definition) is 1. The quantitative estimate of drug-likeness (QED) is 0.831. The molecule has 3 heteroatoms. The maximum absolute atomic E-state index is 12.1. The van der Waals surface area contributed by atoms with Crippen LogP contribution in [0.3, 0.4) is 0 Å². The van der Waals surface area contributed by atoms with Crippen molar-refractivity contribution in [1.29, 1.82) is 0 Å². The van der Waals surface area contributed by atoms with Crippen LogP contribution in [0.2, 0.25) is 0 Å². The number of thiophene rings is 1. The largest absolute Gasteiger partial charge is 0.311 e. The summed E-state index contributed by atoms with van der Waals surface area (Å²) in [6.45, 7) is 4.33. The van der Waals surface area contributed by atoms with Crippen molar-refractivity contribution in [3.05, 3.63) is 21.9 Å². The Bertz CT molecular complexity index is 385. The van der Waals surface area contributed by atoms with Gasteiger partial charge in [-0.1, -0.05) is 13.3 Å². The van der Waals surface area contributed by atoms with E-state index in [0.29, 0.717) is 24.3 Å². The molecule has 2 atom stereocenters. The summed E-state index contributed by atoms with van der Waals surface area (Å²) in [5.41, 5.74) is 0. The number of ketones is 1. The van der Waals surface area contributed by atoms with Crippen molar-refractivity contribution in [3.63, 3.8) is 0 Å². The third-order valence-electron chi connectivity index (χ3n) is 3.43. The molecular weight excluding hydrogens is 230 g/mol. The smallest absolute Gasteiger partial charge is 0.174 e. The third kappa shape index (κ3) is 3.39. The average molecular weight is 251 g/mol. The van der Waals surface area contributed by atoms with Gasteiger partial charge in [0.15, 0.2) is 5.78 Å². The van der Waals surface area contributed by atoms with Crippen molar-refractivity contribution in [3.8, 4) is 0 Å². The monoisotopic (exact) mass is 251 g/mol. The standard InChI is InChI=1S/C14H21NOS/c1-3-12-7-8-14(17-12)13(16)9-11-6-4-5-10(2)15-11/h7-8,10-11,15H,3-6,9H2,1-2H3. The molecule has 2 nitrogen and oxygen atoms in total. The first-order valence-electron chi connectivity index (χ1n) is 6.57. The Balaban J connectivity index is 1.92. The molecule has 2 unspecified atom stereocenters. The minimum Gasteiger partial charge on any atom is -0.311 e. The number of carbonyl (C=O) groups excluding carboxylic acids is 1. The van der Waals surface area contributed by atoms with Crippen LogP contribution in [0.1, 0.15) is 54.1 Å². The van der Waals surface area contributed by atoms with Gasteiger partial charge >= 0.3 is 0 Å². The molecular formula is C14H21NOS. The van der Waals surface area contributed by atoms with Gasteiger partial charge in [0.25, 0.3) is 0 Å². The highest BCUT2D eigenvalue weighted by Crippen LogP contribution is 2.21. The number of piperidine rings is 1. The molecule has 0 radical (unpaired) electrons. The van der Waals surface area contributed by atoms with Gasteiger partial charge in [0.1, 0.15) is 0 Å². The molecule has 0 aliphatic carbocycles. The summed E-state index contributed by atoms with van der Waals surface area (Å²) in [5, 5.41) is 3.52. The molecule has 2 rings (SSSR count). The van der Waals surface area contributed by atoms with Gasteiger partial charge in [-0.2, -0.15) is 0 Å². The molecule has 1 aromatic rings. The Hall–Kier alpha value is -0.670. The first kappa shape index (κ1) is 12.8. The second kappa shape index (κ2) is 5.78. The van der Waals surface area contributed by atoms with Crippen LogP contribution in [-0.2, 0) is 6.42 Å². The van der Waals surface area contributed by atoms with E-state index < -0.39 is 0 Å². The molecule has 1 N–H and O–H groups in total. The maximum Gasteiger partial charge on any atom is 0.174 e. The lowest BCUT2D eigenvalue weighted by atomic mass is 9.96. The highest BCUT2D eigenvalue weighted by Gasteiger charge is 2.21. The van der Waals surface area contributed by atoms with Crippen molar-refractivity contribution < 1.29 is 4.79 Å². The van der Waals surface area contributed by atoms with Gasteiger partial charge in [-0.05, 0) is 38.3 Å². The average Bonchev–Trinajstić information content (AvgIpc) is 2.77. The molecule has 94 valence electrons. The molecule has 17 heavy (non-hydrogen) atoms. The van der Waals surface area contributed by atoms with E-state index in [4.69, 9.17) is 0 Å².